The molecule has 0 N–H and O–H groups in total. The Balaban J connectivity index is 1.28. The molecule has 3 heterocycles. The van der Waals surface area contributed by atoms with Gasteiger partial charge in [-0.15, -0.1) is 0 Å². The van der Waals surface area contributed by atoms with Crippen LogP contribution < -0.4 is 10.2 Å². The van der Waals surface area contributed by atoms with Gasteiger partial charge in [-0.25, -0.2) is 9.36 Å². The maximum Gasteiger partial charge on any atom is 0.530 e. The number of ether oxygens (including phenoxy) is 2. The second-order valence-corrected chi connectivity index (χ2v) is 14.5. The summed E-state index contributed by atoms with van der Waals surface area (Å²) >= 11 is 0. The molecular weight excluding hydrogens is 645 g/mol. The molecule has 48 heavy (non-hydrogen) atoms. The van der Waals surface area contributed by atoms with Gasteiger partial charge in [-0.05, 0) is 31.9 Å². The number of halogens is 2. The van der Waals surface area contributed by atoms with Crippen molar-refractivity contribution < 1.29 is 41.2 Å². The highest BCUT2D eigenvalue weighted by Gasteiger charge is 2.63. The number of aryl methyl sites for hydroxylation is 2. The van der Waals surface area contributed by atoms with Crippen molar-refractivity contribution >= 4 is 13.8 Å². The summed E-state index contributed by atoms with van der Waals surface area (Å²) in [5, 5.41) is 0. The van der Waals surface area contributed by atoms with Gasteiger partial charge in [-0.2, -0.15) is 13.8 Å². The molecule has 0 aliphatic carbocycles. The lowest BCUT2D eigenvalue weighted by atomic mass is 10.0. The molecule has 1 unspecified atom stereocenters. The van der Waals surface area contributed by atoms with Gasteiger partial charge in [-0.3, -0.25) is 18.4 Å². The van der Waals surface area contributed by atoms with Crippen LogP contribution in [0.2, 0.25) is 0 Å². The van der Waals surface area contributed by atoms with E-state index in [-0.39, 0.29) is 13.0 Å². The standard InChI is InChI=1S/C35H51F2N2O8P/c1-4-5-6-7-8-9-10-11-12-13-14-15-16-17-21-30(40)46-32-29(45-33(35(32,36)37)39-23-22-27(3)38-34(39)41)25-44-48(42)43-24-28-20-18-19-26(2)31(28)47-48/h18-20,22-23,29,32-33H,4-17,21,24-25H2,1-3H3/t29-,32-,33-,48?/m1/s1. The van der Waals surface area contributed by atoms with Gasteiger partial charge in [0, 0.05) is 23.9 Å². The van der Waals surface area contributed by atoms with E-state index in [9.17, 15) is 14.2 Å². The molecule has 0 spiro atoms. The molecule has 0 radical (unpaired) electrons. The second-order valence-electron chi connectivity index (χ2n) is 12.9. The molecule has 4 rings (SSSR count). The van der Waals surface area contributed by atoms with Crippen molar-refractivity contribution in [1.29, 1.82) is 0 Å². The fraction of sp³-hybridized carbons (Fsp3) is 0.686. The van der Waals surface area contributed by atoms with Gasteiger partial charge >= 0.3 is 25.4 Å². The van der Waals surface area contributed by atoms with E-state index in [1.807, 2.05) is 0 Å². The minimum atomic E-state index is -4.23. The molecular formula is C35H51F2N2O8P. The number of alkyl halides is 2. The summed E-state index contributed by atoms with van der Waals surface area (Å²) in [5.41, 5.74) is 0.752. The molecule has 10 nitrogen and oxygen atoms in total. The van der Waals surface area contributed by atoms with Crippen molar-refractivity contribution in [3.05, 3.63) is 57.8 Å². The van der Waals surface area contributed by atoms with Gasteiger partial charge in [-0.1, -0.05) is 109 Å². The topological polar surface area (TPSA) is 115 Å². The van der Waals surface area contributed by atoms with Gasteiger partial charge in [0.25, 0.3) is 0 Å². The van der Waals surface area contributed by atoms with E-state index in [1.54, 1.807) is 32.0 Å². The Morgan fingerprint density at radius 3 is 2.23 bits per heavy atom. The van der Waals surface area contributed by atoms with E-state index in [0.29, 0.717) is 33.6 Å². The normalized spacial score (nSPS) is 23.1. The molecule has 0 amide bonds. The number of aromatic nitrogens is 2. The monoisotopic (exact) mass is 696 g/mol. The molecule has 268 valence electrons. The average Bonchev–Trinajstić information content (AvgIpc) is 3.29. The third-order valence-electron chi connectivity index (χ3n) is 8.84. The molecule has 0 bridgehead atoms. The second kappa shape index (κ2) is 18.4. The molecule has 2 aliphatic heterocycles. The van der Waals surface area contributed by atoms with Crippen molar-refractivity contribution in [2.75, 3.05) is 6.61 Å². The first-order valence-corrected chi connectivity index (χ1v) is 19.0. The minimum Gasteiger partial charge on any atom is -0.453 e. The van der Waals surface area contributed by atoms with E-state index in [2.05, 4.69) is 11.9 Å². The van der Waals surface area contributed by atoms with Crippen LogP contribution in [0.4, 0.5) is 8.78 Å². The van der Waals surface area contributed by atoms with Crippen molar-refractivity contribution in [2.24, 2.45) is 0 Å². The zero-order valence-electron chi connectivity index (χ0n) is 28.5. The van der Waals surface area contributed by atoms with E-state index < -0.39 is 50.4 Å². The Labute approximate surface area is 282 Å². The molecule has 0 saturated carbocycles. The van der Waals surface area contributed by atoms with Crippen LogP contribution in [0, 0.1) is 13.8 Å². The number of carbonyl (C=O) groups is 1. The van der Waals surface area contributed by atoms with Crippen LogP contribution in [0.1, 0.15) is 126 Å². The number of rotatable bonds is 20. The molecule has 4 atom stereocenters. The number of para-hydroxylation sites is 1. The maximum absolute atomic E-state index is 15.9. The highest BCUT2D eigenvalue weighted by Crippen LogP contribution is 2.56. The Morgan fingerprint density at radius 2 is 1.60 bits per heavy atom. The highest BCUT2D eigenvalue weighted by molar-refractivity contribution is 7.49. The first-order valence-electron chi connectivity index (χ1n) is 17.5. The van der Waals surface area contributed by atoms with Crippen LogP contribution >= 0.6 is 7.82 Å². The number of phosphoric ester groups is 1. The van der Waals surface area contributed by atoms with Gasteiger partial charge < -0.3 is 14.0 Å². The predicted octanol–water partition coefficient (Wildman–Crippen LogP) is 8.91. The molecule has 2 aromatic rings. The van der Waals surface area contributed by atoms with Gasteiger partial charge in [0.1, 0.15) is 11.9 Å². The first kappa shape index (κ1) is 38.1. The van der Waals surface area contributed by atoms with Crippen LogP contribution in [-0.4, -0.2) is 40.3 Å². The summed E-state index contributed by atoms with van der Waals surface area (Å²) in [4.78, 5) is 29.1. The number of nitrogens with zero attached hydrogens (tertiary/aromatic N) is 2. The largest absolute Gasteiger partial charge is 0.530 e. The summed E-state index contributed by atoms with van der Waals surface area (Å²) in [6.07, 6.45) is 11.3. The molecule has 1 aromatic heterocycles. The van der Waals surface area contributed by atoms with Crippen LogP contribution in [-0.2, 0) is 34.5 Å². The molecule has 1 aromatic carbocycles. The highest BCUT2D eigenvalue weighted by atomic mass is 31.2. The summed E-state index contributed by atoms with van der Waals surface area (Å²) in [5.74, 6) is -4.33. The van der Waals surface area contributed by atoms with Gasteiger partial charge in [0.2, 0.25) is 6.23 Å². The van der Waals surface area contributed by atoms with Crippen molar-refractivity contribution in [3.8, 4) is 5.75 Å². The average molecular weight is 697 g/mol. The van der Waals surface area contributed by atoms with E-state index >= 15 is 8.78 Å². The Hall–Kier alpha value is -2.66. The van der Waals surface area contributed by atoms with Gasteiger partial charge in [0.05, 0.1) is 13.2 Å². The lowest BCUT2D eigenvalue weighted by Gasteiger charge is -2.27. The third kappa shape index (κ3) is 10.7. The first-order chi connectivity index (χ1) is 23.0. The predicted molar refractivity (Wildman–Crippen MR) is 177 cm³/mol. The number of esters is 1. The number of hydrogen-bond donors (Lipinski definition) is 0. The third-order valence-corrected chi connectivity index (χ3v) is 10.2. The molecule has 1 saturated heterocycles. The Morgan fingerprint density at radius 1 is 0.979 bits per heavy atom. The number of hydrogen-bond acceptors (Lipinski definition) is 9. The minimum absolute atomic E-state index is 0.0460. The van der Waals surface area contributed by atoms with Crippen molar-refractivity contribution in [1.82, 2.24) is 9.55 Å². The van der Waals surface area contributed by atoms with Gasteiger partial charge in [0.15, 0.2) is 6.10 Å². The molecule has 1 fully saturated rings. The molecule has 13 heteroatoms. The summed E-state index contributed by atoms with van der Waals surface area (Å²) in [6.45, 7) is 4.77. The number of phosphoric acid groups is 1. The van der Waals surface area contributed by atoms with E-state index in [1.165, 1.54) is 63.9 Å². The van der Waals surface area contributed by atoms with Crippen LogP contribution in [0.3, 0.4) is 0 Å². The number of fused-ring (bicyclic) bond motifs is 1. The van der Waals surface area contributed by atoms with E-state index in [4.69, 9.17) is 23.0 Å². The number of carbonyl (C=O) groups excluding carboxylic acids is 1. The lowest BCUT2D eigenvalue weighted by molar-refractivity contribution is -0.176. The van der Waals surface area contributed by atoms with Crippen molar-refractivity contribution in [3.63, 3.8) is 0 Å². The SMILES string of the molecule is CCCCCCCCCCCCCCCCC(=O)O[C@@H]1[C@@H](COP2(=O)OCc3cccc(C)c3O2)O[C@@H](n2ccc(C)nc2=O)C1(F)F. The smallest absolute Gasteiger partial charge is 0.453 e. The van der Waals surface area contributed by atoms with E-state index in [0.717, 1.165) is 31.9 Å². The zero-order chi connectivity index (χ0) is 34.6. The Kier molecular flexibility index (Phi) is 14.6. The van der Waals surface area contributed by atoms with Crippen molar-refractivity contribution in [2.45, 2.75) is 148 Å². The fourth-order valence-corrected chi connectivity index (χ4v) is 7.35. The van der Waals surface area contributed by atoms with Crippen LogP contribution in [0.5, 0.6) is 5.75 Å². The summed E-state index contributed by atoms with van der Waals surface area (Å²) in [7, 11) is -4.23. The Bertz CT molecular complexity index is 1440. The number of benzene rings is 1. The zero-order valence-corrected chi connectivity index (χ0v) is 29.4. The molecule has 2 aliphatic rings. The van der Waals surface area contributed by atoms with Crippen LogP contribution in [0.25, 0.3) is 0 Å². The number of unbranched alkanes of at least 4 members (excludes halogenated alkanes) is 13. The lowest BCUT2D eigenvalue weighted by Crippen LogP contribution is -2.44. The summed E-state index contributed by atoms with van der Waals surface area (Å²) < 4.78 is 73.0. The van der Waals surface area contributed by atoms with Crippen LogP contribution in [0.15, 0.2) is 35.3 Å². The maximum atomic E-state index is 15.9. The quantitative estimate of drug-likeness (QED) is 0.0760. The summed E-state index contributed by atoms with van der Waals surface area (Å²) in [6, 6.07) is 6.70. The fourth-order valence-electron chi connectivity index (χ4n) is 6.06.